The summed E-state index contributed by atoms with van der Waals surface area (Å²) in [5.41, 5.74) is -2.50. The zero-order valence-corrected chi connectivity index (χ0v) is 13.7. The monoisotopic (exact) mass is 385 g/mol. The van der Waals surface area contributed by atoms with E-state index in [9.17, 15) is 26.0 Å². The minimum Gasteiger partial charge on any atom is -0.239 e. The number of halogens is 4. The maximum atomic E-state index is 14.0. The molecule has 0 aliphatic heterocycles. The Morgan fingerprint density at radius 2 is 1.77 bits per heavy atom. The zero-order valence-electron chi connectivity index (χ0n) is 12.9. The van der Waals surface area contributed by atoms with E-state index in [1.165, 1.54) is 30.5 Å². The van der Waals surface area contributed by atoms with Gasteiger partial charge in [0.1, 0.15) is 10.7 Å². The number of rotatable bonds is 3. The Hall–Kier alpha value is -2.72. The van der Waals surface area contributed by atoms with Crippen LogP contribution in [0, 0.1) is 5.82 Å². The fourth-order valence-corrected chi connectivity index (χ4v) is 3.29. The van der Waals surface area contributed by atoms with Gasteiger partial charge < -0.3 is 0 Å². The summed E-state index contributed by atoms with van der Waals surface area (Å²) in [5, 5.41) is 8.81. The topological polar surface area (TPSA) is 78.0 Å². The number of nitrogens with zero attached hydrogens (tertiary/aromatic N) is 2. The lowest BCUT2D eigenvalue weighted by molar-refractivity contribution is -0.137. The second-order valence-corrected chi connectivity index (χ2v) is 6.87. The second kappa shape index (κ2) is 6.22. The van der Waals surface area contributed by atoms with Crippen LogP contribution in [0.25, 0.3) is 16.8 Å². The molecular weight excluding hydrogens is 374 g/mol. The van der Waals surface area contributed by atoms with Gasteiger partial charge in [-0.2, -0.15) is 18.3 Å². The van der Waals surface area contributed by atoms with Crippen molar-refractivity contribution in [3.63, 3.8) is 0 Å². The smallest absolute Gasteiger partial charge is 0.239 e. The first-order valence-corrected chi connectivity index (χ1v) is 8.66. The van der Waals surface area contributed by atoms with E-state index in [2.05, 4.69) is 5.10 Å². The van der Waals surface area contributed by atoms with Gasteiger partial charge in [0.15, 0.2) is 0 Å². The van der Waals surface area contributed by atoms with Crippen molar-refractivity contribution in [1.29, 1.82) is 0 Å². The van der Waals surface area contributed by atoms with Crippen LogP contribution in [-0.2, 0) is 16.2 Å². The first-order valence-electron chi connectivity index (χ1n) is 7.12. The van der Waals surface area contributed by atoms with E-state index in [0.717, 1.165) is 23.0 Å². The van der Waals surface area contributed by atoms with Crippen molar-refractivity contribution < 1.29 is 26.0 Å². The number of hydrogen-bond acceptors (Lipinski definition) is 3. The third-order valence-electron chi connectivity index (χ3n) is 3.61. The molecule has 0 amide bonds. The number of primary sulfonamides is 1. The van der Waals surface area contributed by atoms with Crippen molar-refractivity contribution in [2.45, 2.75) is 11.1 Å². The van der Waals surface area contributed by atoms with Gasteiger partial charge in [-0.1, -0.05) is 18.2 Å². The van der Waals surface area contributed by atoms with Crippen LogP contribution in [0.5, 0.6) is 0 Å². The largest absolute Gasteiger partial charge is 0.418 e. The minimum absolute atomic E-state index is 0.185. The van der Waals surface area contributed by atoms with Crippen molar-refractivity contribution in [2.75, 3.05) is 0 Å². The molecule has 1 heterocycles. The van der Waals surface area contributed by atoms with Gasteiger partial charge in [0.2, 0.25) is 10.0 Å². The van der Waals surface area contributed by atoms with E-state index in [1.807, 2.05) is 0 Å². The maximum Gasteiger partial charge on any atom is 0.418 e. The van der Waals surface area contributed by atoms with Gasteiger partial charge >= 0.3 is 6.18 Å². The Kier molecular flexibility index (Phi) is 4.32. The summed E-state index contributed by atoms with van der Waals surface area (Å²) in [4.78, 5) is -0.811. The third-order valence-corrected chi connectivity index (χ3v) is 4.53. The van der Waals surface area contributed by atoms with E-state index < -0.39 is 38.2 Å². The molecule has 2 N–H and O–H groups in total. The molecule has 0 saturated heterocycles. The summed E-state index contributed by atoms with van der Waals surface area (Å²) in [6, 6.07) is 7.99. The average Bonchev–Trinajstić information content (AvgIpc) is 3.06. The molecule has 26 heavy (non-hydrogen) atoms. The van der Waals surface area contributed by atoms with Crippen LogP contribution in [0.1, 0.15) is 5.56 Å². The normalized spacial score (nSPS) is 12.3. The number of alkyl halides is 3. The summed E-state index contributed by atoms with van der Waals surface area (Å²) in [6.07, 6.45) is -2.58. The highest BCUT2D eigenvalue weighted by molar-refractivity contribution is 7.89. The first kappa shape index (κ1) is 18.1. The lowest BCUT2D eigenvalue weighted by Gasteiger charge is -2.18. The molecule has 0 fully saturated rings. The van der Waals surface area contributed by atoms with E-state index in [-0.39, 0.29) is 11.1 Å². The van der Waals surface area contributed by atoms with Crippen LogP contribution in [0.15, 0.2) is 59.8 Å². The highest BCUT2D eigenvalue weighted by Crippen LogP contribution is 2.40. The van der Waals surface area contributed by atoms with Crippen molar-refractivity contribution in [1.82, 2.24) is 9.78 Å². The molecule has 0 atom stereocenters. The zero-order chi connectivity index (χ0) is 19.1. The van der Waals surface area contributed by atoms with Crippen molar-refractivity contribution >= 4 is 10.0 Å². The fourth-order valence-electron chi connectivity index (χ4n) is 2.53. The standard InChI is InChI=1S/C16H11F4N3O2S/c17-13-5-2-1-4-11(13)10-8-12(16(18,19)20)15(23-7-3-6-22-23)14(9-10)26(21,24)25/h1-9H,(H2,21,24,25). The third kappa shape index (κ3) is 3.33. The molecular formula is C16H11F4N3O2S. The van der Waals surface area contributed by atoms with Crippen molar-refractivity contribution in [3.8, 4) is 16.8 Å². The van der Waals surface area contributed by atoms with Crippen LogP contribution >= 0.6 is 0 Å². The van der Waals surface area contributed by atoms with Crippen LogP contribution in [0.2, 0.25) is 0 Å². The van der Waals surface area contributed by atoms with Crippen LogP contribution in [-0.4, -0.2) is 18.2 Å². The lowest BCUT2D eigenvalue weighted by atomic mass is 10.0. The number of sulfonamides is 1. The van der Waals surface area contributed by atoms with Gasteiger partial charge in [-0.05, 0) is 29.8 Å². The van der Waals surface area contributed by atoms with Crippen LogP contribution < -0.4 is 5.14 Å². The van der Waals surface area contributed by atoms with E-state index in [1.54, 1.807) is 0 Å². The maximum absolute atomic E-state index is 14.0. The van der Waals surface area contributed by atoms with Gasteiger partial charge in [-0.25, -0.2) is 22.6 Å². The van der Waals surface area contributed by atoms with Gasteiger partial charge in [0.25, 0.3) is 0 Å². The molecule has 136 valence electrons. The number of aromatic nitrogens is 2. The van der Waals surface area contributed by atoms with Crippen LogP contribution in [0.4, 0.5) is 17.6 Å². The number of benzene rings is 2. The Morgan fingerprint density at radius 3 is 2.31 bits per heavy atom. The van der Waals surface area contributed by atoms with Gasteiger partial charge in [-0.3, -0.25) is 0 Å². The highest BCUT2D eigenvalue weighted by atomic mass is 32.2. The molecule has 0 spiro atoms. The molecule has 3 aromatic rings. The molecule has 5 nitrogen and oxygen atoms in total. The average molecular weight is 385 g/mol. The molecule has 0 unspecified atom stereocenters. The summed E-state index contributed by atoms with van der Waals surface area (Å²) < 4.78 is 79.6. The lowest BCUT2D eigenvalue weighted by Crippen LogP contribution is -2.20. The summed E-state index contributed by atoms with van der Waals surface area (Å²) in [5.74, 6) is -0.798. The van der Waals surface area contributed by atoms with Crippen molar-refractivity contribution in [2.24, 2.45) is 5.14 Å². The van der Waals surface area contributed by atoms with E-state index in [4.69, 9.17) is 5.14 Å². The molecule has 2 aromatic carbocycles. The summed E-state index contributed by atoms with van der Waals surface area (Å²) in [7, 11) is -4.57. The minimum atomic E-state index is -4.93. The van der Waals surface area contributed by atoms with Crippen LogP contribution in [0.3, 0.4) is 0 Å². The number of nitrogens with two attached hydrogens (primary N) is 1. The molecule has 0 saturated carbocycles. The molecule has 3 rings (SSSR count). The van der Waals surface area contributed by atoms with E-state index in [0.29, 0.717) is 6.07 Å². The molecule has 1 aromatic heterocycles. The Balaban J connectivity index is 2.45. The van der Waals surface area contributed by atoms with Crippen molar-refractivity contribution in [3.05, 3.63) is 66.2 Å². The Labute approximate surface area is 145 Å². The molecule has 0 aliphatic carbocycles. The highest BCUT2D eigenvalue weighted by Gasteiger charge is 2.38. The van der Waals surface area contributed by atoms with E-state index >= 15 is 0 Å². The predicted molar refractivity (Wildman–Crippen MR) is 85.3 cm³/mol. The first-order chi connectivity index (χ1) is 12.1. The van der Waals surface area contributed by atoms with Gasteiger partial charge in [-0.15, -0.1) is 0 Å². The fraction of sp³-hybridized carbons (Fsp3) is 0.0625. The summed E-state index contributed by atoms with van der Waals surface area (Å²) >= 11 is 0. The number of hydrogen-bond donors (Lipinski definition) is 1. The molecule has 0 radical (unpaired) electrons. The Morgan fingerprint density at radius 1 is 1.08 bits per heavy atom. The quantitative estimate of drug-likeness (QED) is 0.703. The molecule has 10 heteroatoms. The second-order valence-electron chi connectivity index (χ2n) is 5.34. The van der Waals surface area contributed by atoms with Gasteiger partial charge in [0, 0.05) is 18.0 Å². The van der Waals surface area contributed by atoms with Gasteiger partial charge in [0.05, 0.1) is 11.3 Å². The SMILES string of the molecule is NS(=O)(=O)c1cc(-c2ccccc2F)cc(C(F)(F)F)c1-n1cccn1. The summed E-state index contributed by atoms with van der Waals surface area (Å²) in [6.45, 7) is 0. The molecule has 0 aliphatic rings. The predicted octanol–water partition coefficient (Wildman–Crippen LogP) is 3.34. The Bertz CT molecular complexity index is 1060. The molecule has 0 bridgehead atoms.